The molecule has 1 aromatic carbocycles. The molecule has 8 heteroatoms. The number of aromatic nitrogens is 2. The van der Waals surface area contributed by atoms with Gasteiger partial charge in [-0.15, -0.1) is 0 Å². The molecular formula is C19H23FN4O3. The summed E-state index contributed by atoms with van der Waals surface area (Å²) < 4.78 is 15.4. The maximum atomic E-state index is 13.8. The highest BCUT2D eigenvalue weighted by Crippen LogP contribution is 2.38. The largest absolute Gasteiger partial charge is 0.465 e. The maximum absolute atomic E-state index is 13.8. The third-order valence-electron chi connectivity index (χ3n) is 4.49. The van der Waals surface area contributed by atoms with Gasteiger partial charge in [-0.2, -0.15) is 5.10 Å². The summed E-state index contributed by atoms with van der Waals surface area (Å²) in [6.45, 7) is 6.56. The van der Waals surface area contributed by atoms with Crippen LogP contribution in [0.15, 0.2) is 30.6 Å². The predicted octanol–water partition coefficient (Wildman–Crippen LogP) is 3.54. The summed E-state index contributed by atoms with van der Waals surface area (Å²) in [7, 11) is 0. The van der Waals surface area contributed by atoms with Gasteiger partial charge < -0.3 is 10.0 Å². The SMILES string of the molecule is CC(=O)N1c2ccc(-c3cnn(CC(C)(C)F)c3)cc2N(C(=O)O)C[C@@H]1C. The number of anilines is 2. The van der Waals surface area contributed by atoms with Crippen LogP contribution < -0.4 is 9.80 Å². The van der Waals surface area contributed by atoms with Gasteiger partial charge in [0.25, 0.3) is 0 Å². The number of alkyl halides is 1. The van der Waals surface area contributed by atoms with Gasteiger partial charge in [0, 0.05) is 25.2 Å². The number of benzene rings is 1. The summed E-state index contributed by atoms with van der Waals surface area (Å²) in [5.41, 5.74) is 1.12. The third kappa shape index (κ3) is 3.79. The summed E-state index contributed by atoms with van der Waals surface area (Å²) in [6, 6.07) is 5.03. The van der Waals surface area contributed by atoms with Crippen LogP contribution in [0.3, 0.4) is 0 Å². The van der Waals surface area contributed by atoms with Crippen LogP contribution in [-0.4, -0.2) is 45.1 Å². The van der Waals surface area contributed by atoms with E-state index in [-0.39, 0.29) is 25.0 Å². The Balaban J connectivity index is 2.03. The van der Waals surface area contributed by atoms with Gasteiger partial charge in [-0.25, -0.2) is 9.18 Å². The molecule has 0 spiro atoms. The van der Waals surface area contributed by atoms with Crippen molar-refractivity contribution in [2.75, 3.05) is 16.3 Å². The van der Waals surface area contributed by atoms with Crippen LogP contribution in [0.2, 0.25) is 0 Å². The Morgan fingerprint density at radius 2 is 2.00 bits per heavy atom. The zero-order chi connectivity index (χ0) is 19.9. The van der Waals surface area contributed by atoms with E-state index in [1.54, 1.807) is 29.4 Å². The van der Waals surface area contributed by atoms with E-state index in [1.807, 2.05) is 13.0 Å². The number of nitrogens with zero attached hydrogens (tertiary/aromatic N) is 4. The van der Waals surface area contributed by atoms with Gasteiger partial charge in [-0.1, -0.05) is 6.07 Å². The van der Waals surface area contributed by atoms with Crippen LogP contribution in [-0.2, 0) is 11.3 Å². The number of carbonyl (C=O) groups is 2. The Hall–Kier alpha value is -2.90. The molecule has 1 N–H and O–H groups in total. The lowest BCUT2D eigenvalue weighted by Crippen LogP contribution is -2.51. The highest BCUT2D eigenvalue weighted by Gasteiger charge is 2.33. The molecule has 144 valence electrons. The third-order valence-corrected chi connectivity index (χ3v) is 4.49. The van der Waals surface area contributed by atoms with Crippen LogP contribution in [0.25, 0.3) is 11.1 Å². The first-order valence-electron chi connectivity index (χ1n) is 8.73. The van der Waals surface area contributed by atoms with Gasteiger partial charge in [0.1, 0.15) is 5.67 Å². The first-order chi connectivity index (χ1) is 12.6. The van der Waals surface area contributed by atoms with Crippen LogP contribution in [0, 0.1) is 0 Å². The summed E-state index contributed by atoms with van der Waals surface area (Å²) in [6.07, 6.45) is 2.27. The number of hydrogen-bond donors (Lipinski definition) is 1. The van der Waals surface area contributed by atoms with Crippen molar-refractivity contribution in [2.45, 2.75) is 46.0 Å². The van der Waals surface area contributed by atoms with E-state index in [0.29, 0.717) is 11.4 Å². The highest BCUT2D eigenvalue weighted by atomic mass is 19.1. The molecule has 2 heterocycles. The van der Waals surface area contributed by atoms with Gasteiger partial charge >= 0.3 is 6.09 Å². The number of carboxylic acid groups (broad SMARTS) is 1. The van der Waals surface area contributed by atoms with Gasteiger partial charge in [-0.05, 0) is 38.5 Å². The minimum absolute atomic E-state index is 0.120. The molecule has 1 aliphatic heterocycles. The van der Waals surface area contributed by atoms with E-state index in [0.717, 1.165) is 11.1 Å². The van der Waals surface area contributed by atoms with Crippen molar-refractivity contribution < 1.29 is 19.1 Å². The second-order valence-electron chi connectivity index (χ2n) is 7.48. The smallest absolute Gasteiger partial charge is 0.411 e. The molecule has 0 saturated carbocycles. The topological polar surface area (TPSA) is 78.7 Å². The Morgan fingerprint density at radius 3 is 2.59 bits per heavy atom. The highest BCUT2D eigenvalue weighted by molar-refractivity contribution is 6.02. The molecule has 1 aliphatic rings. The van der Waals surface area contributed by atoms with Gasteiger partial charge in [0.15, 0.2) is 0 Å². The fourth-order valence-electron chi connectivity index (χ4n) is 3.45. The molecule has 0 saturated heterocycles. The molecule has 0 aliphatic carbocycles. The summed E-state index contributed by atoms with van der Waals surface area (Å²) in [5, 5.41) is 13.8. The predicted molar refractivity (Wildman–Crippen MR) is 101 cm³/mol. The zero-order valence-corrected chi connectivity index (χ0v) is 15.8. The van der Waals surface area contributed by atoms with Crippen molar-refractivity contribution in [3.8, 4) is 11.1 Å². The number of rotatable bonds is 3. The molecule has 2 aromatic rings. The van der Waals surface area contributed by atoms with Gasteiger partial charge in [0.05, 0.1) is 30.2 Å². The van der Waals surface area contributed by atoms with E-state index in [2.05, 4.69) is 5.10 Å². The van der Waals surface area contributed by atoms with Gasteiger partial charge in [0.2, 0.25) is 5.91 Å². The zero-order valence-electron chi connectivity index (χ0n) is 15.8. The van der Waals surface area contributed by atoms with E-state index in [4.69, 9.17) is 0 Å². The number of amides is 2. The van der Waals surface area contributed by atoms with Crippen molar-refractivity contribution in [3.05, 3.63) is 30.6 Å². The molecular weight excluding hydrogens is 351 g/mol. The van der Waals surface area contributed by atoms with Crippen LogP contribution in [0.4, 0.5) is 20.6 Å². The normalized spacial score (nSPS) is 17.0. The molecule has 1 atom stereocenters. The van der Waals surface area contributed by atoms with E-state index < -0.39 is 11.8 Å². The van der Waals surface area contributed by atoms with Crippen molar-refractivity contribution in [1.82, 2.24) is 9.78 Å². The lowest BCUT2D eigenvalue weighted by atomic mass is 10.0. The minimum atomic E-state index is -1.39. The fourth-order valence-corrected chi connectivity index (χ4v) is 3.45. The second-order valence-corrected chi connectivity index (χ2v) is 7.48. The quantitative estimate of drug-likeness (QED) is 0.891. The van der Waals surface area contributed by atoms with Crippen LogP contribution in [0.1, 0.15) is 27.7 Å². The van der Waals surface area contributed by atoms with E-state index in [9.17, 15) is 19.1 Å². The Morgan fingerprint density at radius 1 is 1.30 bits per heavy atom. The van der Waals surface area contributed by atoms with Crippen molar-refractivity contribution >= 4 is 23.4 Å². The lowest BCUT2D eigenvalue weighted by molar-refractivity contribution is -0.117. The molecule has 7 nitrogen and oxygen atoms in total. The second kappa shape index (κ2) is 6.68. The van der Waals surface area contributed by atoms with Crippen LogP contribution in [0.5, 0.6) is 0 Å². The number of carbonyl (C=O) groups excluding carboxylic acids is 1. The lowest BCUT2D eigenvalue weighted by Gasteiger charge is -2.39. The first-order valence-corrected chi connectivity index (χ1v) is 8.73. The van der Waals surface area contributed by atoms with Gasteiger partial charge in [-0.3, -0.25) is 14.4 Å². The summed E-state index contributed by atoms with van der Waals surface area (Å²) >= 11 is 0. The molecule has 2 amide bonds. The first kappa shape index (κ1) is 18.9. The molecule has 0 bridgehead atoms. The van der Waals surface area contributed by atoms with E-state index >= 15 is 0 Å². The maximum Gasteiger partial charge on any atom is 0.411 e. The molecule has 0 fully saturated rings. The Labute approximate surface area is 157 Å². The number of halogens is 1. The molecule has 0 radical (unpaired) electrons. The Bertz CT molecular complexity index is 887. The number of hydrogen-bond acceptors (Lipinski definition) is 3. The molecule has 1 aromatic heterocycles. The molecule has 3 rings (SSSR count). The van der Waals surface area contributed by atoms with Crippen molar-refractivity contribution in [3.63, 3.8) is 0 Å². The Kier molecular flexibility index (Phi) is 4.67. The minimum Gasteiger partial charge on any atom is -0.465 e. The fraction of sp³-hybridized carbons (Fsp3) is 0.421. The average Bonchev–Trinajstić information content (AvgIpc) is 2.99. The molecule has 0 unspecified atom stereocenters. The number of fused-ring (bicyclic) bond motifs is 1. The van der Waals surface area contributed by atoms with Crippen LogP contribution >= 0.6 is 0 Å². The summed E-state index contributed by atoms with van der Waals surface area (Å²) in [4.78, 5) is 26.6. The standard InChI is InChI=1S/C19H23FN4O3/c1-12-9-23(18(26)27)17-7-14(5-6-16(17)24(12)13(2)25)15-8-21-22(10-15)11-19(3,4)20/h5-8,10,12H,9,11H2,1-4H3,(H,26,27)/t12-/m0/s1. The average molecular weight is 374 g/mol. The molecule has 27 heavy (non-hydrogen) atoms. The van der Waals surface area contributed by atoms with Crippen molar-refractivity contribution in [1.29, 1.82) is 0 Å². The monoisotopic (exact) mass is 374 g/mol. The van der Waals surface area contributed by atoms with Crippen molar-refractivity contribution in [2.24, 2.45) is 0 Å². The van der Waals surface area contributed by atoms with E-state index in [1.165, 1.54) is 30.4 Å². The summed E-state index contributed by atoms with van der Waals surface area (Å²) in [5.74, 6) is -0.139.